The van der Waals surface area contributed by atoms with Gasteiger partial charge in [0.05, 0.1) is 5.92 Å². The minimum absolute atomic E-state index is 0.0869. The Kier molecular flexibility index (Phi) is 5.01. The number of piperidine rings is 1. The number of hydrogen-bond donors (Lipinski definition) is 2. The summed E-state index contributed by atoms with van der Waals surface area (Å²) < 4.78 is 0. The molecule has 2 rings (SSSR count). The molecule has 1 aliphatic heterocycles. The van der Waals surface area contributed by atoms with E-state index in [4.69, 9.17) is 5.73 Å². The molecule has 2 unspecified atom stereocenters. The zero-order valence-electron chi connectivity index (χ0n) is 12.4. The number of nitrogens with zero attached hydrogens (tertiary/aromatic N) is 1. The zero-order valence-corrected chi connectivity index (χ0v) is 12.4. The van der Waals surface area contributed by atoms with E-state index >= 15 is 0 Å². The van der Waals surface area contributed by atoms with Gasteiger partial charge in [0.15, 0.2) is 0 Å². The molecule has 20 heavy (non-hydrogen) atoms. The van der Waals surface area contributed by atoms with Gasteiger partial charge in [-0.3, -0.25) is 4.79 Å². The number of anilines is 1. The number of carbonyl (C=O) groups excluding carboxylic acids is 1. The lowest BCUT2D eigenvalue weighted by molar-refractivity contribution is -0.122. The van der Waals surface area contributed by atoms with Gasteiger partial charge in [-0.1, -0.05) is 12.1 Å². The van der Waals surface area contributed by atoms with E-state index in [1.165, 1.54) is 19.4 Å². The van der Waals surface area contributed by atoms with Crippen molar-refractivity contribution in [1.29, 1.82) is 0 Å². The molecule has 1 aromatic carbocycles. The fraction of sp³-hybridized carbons (Fsp3) is 0.562. The predicted molar refractivity (Wildman–Crippen MR) is 82.5 cm³/mol. The highest BCUT2D eigenvalue weighted by atomic mass is 16.1. The van der Waals surface area contributed by atoms with Crippen LogP contribution in [0, 0.1) is 5.92 Å². The topological polar surface area (TPSA) is 58.4 Å². The quantitative estimate of drug-likeness (QED) is 0.824. The average Bonchev–Trinajstić information content (AvgIpc) is 2.44. The molecular weight excluding hydrogens is 250 g/mol. The maximum atomic E-state index is 12.2. The molecule has 4 heteroatoms. The van der Waals surface area contributed by atoms with Crippen LogP contribution in [0.3, 0.4) is 0 Å². The van der Waals surface area contributed by atoms with Crippen LogP contribution in [0.2, 0.25) is 0 Å². The van der Waals surface area contributed by atoms with Gasteiger partial charge in [-0.15, -0.1) is 0 Å². The van der Waals surface area contributed by atoms with E-state index in [1.807, 2.05) is 31.2 Å². The van der Waals surface area contributed by atoms with E-state index in [1.54, 1.807) is 0 Å². The lowest BCUT2D eigenvalue weighted by atomic mass is 9.97. The number of amides is 1. The monoisotopic (exact) mass is 275 g/mol. The highest BCUT2D eigenvalue weighted by molar-refractivity contribution is 5.83. The van der Waals surface area contributed by atoms with Gasteiger partial charge in [-0.2, -0.15) is 0 Å². The molecule has 3 N–H and O–H groups in total. The Balaban J connectivity index is 1.85. The standard InChI is InChI=1S/C16H25N3O/c1-12(14-6-3-7-15(17)9-14)16(20)18-10-13-5-4-8-19(2)11-13/h3,6-7,9,12-13H,4-5,8,10-11,17H2,1-2H3,(H,18,20). The third-order valence-electron chi connectivity index (χ3n) is 4.09. The van der Waals surface area contributed by atoms with Crippen molar-refractivity contribution < 1.29 is 4.79 Å². The van der Waals surface area contributed by atoms with E-state index in [9.17, 15) is 4.79 Å². The van der Waals surface area contributed by atoms with Crippen LogP contribution in [0.4, 0.5) is 5.69 Å². The molecular formula is C16H25N3O. The summed E-state index contributed by atoms with van der Waals surface area (Å²) in [6.45, 7) is 4.95. The number of nitrogens with two attached hydrogens (primary N) is 1. The second-order valence-electron chi connectivity index (χ2n) is 5.91. The summed E-state index contributed by atoms with van der Waals surface area (Å²) in [6, 6.07) is 7.56. The maximum Gasteiger partial charge on any atom is 0.227 e. The van der Waals surface area contributed by atoms with E-state index in [0.717, 1.165) is 18.7 Å². The van der Waals surface area contributed by atoms with Crippen LogP contribution in [-0.4, -0.2) is 37.5 Å². The fourth-order valence-electron chi connectivity index (χ4n) is 2.82. The molecule has 0 aliphatic carbocycles. The first-order chi connectivity index (χ1) is 9.56. The summed E-state index contributed by atoms with van der Waals surface area (Å²) in [7, 11) is 2.14. The molecule has 1 heterocycles. The van der Waals surface area contributed by atoms with E-state index in [-0.39, 0.29) is 11.8 Å². The van der Waals surface area contributed by atoms with Crippen LogP contribution in [-0.2, 0) is 4.79 Å². The first kappa shape index (κ1) is 14.9. The molecule has 1 amide bonds. The van der Waals surface area contributed by atoms with Crippen molar-refractivity contribution in [3.05, 3.63) is 29.8 Å². The number of rotatable bonds is 4. The molecule has 110 valence electrons. The maximum absolute atomic E-state index is 12.2. The minimum Gasteiger partial charge on any atom is -0.399 e. The molecule has 0 saturated carbocycles. The number of nitrogen functional groups attached to an aromatic ring is 1. The summed E-state index contributed by atoms with van der Waals surface area (Å²) in [5.41, 5.74) is 7.45. The minimum atomic E-state index is -0.153. The summed E-state index contributed by atoms with van der Waals surface area (Å²) in [5, 5.41) is 3.08. The molecule has 1 fully saturated rings. The third-order valence-corrected chi connectivity index (χ3v) is 4.09. The van der Waals surface area contributed by atoms with Crippen LogP contribution in [0.1, 0.15) is 31.2 Å². The van der Waals surface area contributed by atoms with Crippen molar-refractivity contribution in [2.45, 2.75) is 25.7 Å². The molecule has 0 aromatic heterocycles. The predicted octanol–water partition coefficient (Wildman–Crippen LogP) is 1.83. The summed E-state index contributed by atoms with van der Waals surface area (Å²) in [6.07, 6.45) is 2.43. The first-order valence-electron chi connectivity index (χ1n) is 7.38. The fourth-order valence-corrected chi connectivity index (χ4v) is 2.82. The average molecular weight is 275 g/mol. The summed E-state index contributed by atoms with van der Waals surface area (Å²) in [4.78, 5) is 14.5. The van der Waals surface area contributed by atoms with E-state index in [0.29, 0.717) is 11.6 Å². The van der Waals surface area contributed by atoms with Gasteiger partial charge < -0.3 is 16.0 Å². The number of benzene rings is 1. The molecule has 1 aliphatic rings. The van der Waals surface area contributed by atoms with Gasteiger partial charge in [0.2, 0.25) is 5.91 Å². The molecule has 0 bridgehead atoms. The smallest absolute Gasteiger partial charge is 0.227 e. The van der Waals surface area contributed by atoms with Crippen LogP contribution in [0.15, 0.2) is 24.3 Å². The number of likely N-dealkylation sites (tertiary alicyclic amines) is 1. The van der Waals surface area contributed by atoms with Gasteiger partial charge in [0.1, 0.15) is 0 Å². The Bertz CT molecular complexity index is 461. The van der Waals surface area contributed by atoms with Crippen molar-refractivity contribution in [3.63, 3.8) is 0 Å². The van der Waals surface area contributed by atoms with Crippen molar-refractivity contribution in [3.8, 4) is 0 Å². The van der Waals surface area contributed by atoms with Gasteiger partial charge in [-0.25, -0.2) is 0 Å². The first-order valence-corrected chi connectivity index (χ1v) is 7.38. The highest BCUT2D eigenvalue weighted by Gasteiger charge is 2.20. The highest BCUT2D eigenvalue weighted by Crippen LogP contribution is 2.19. The van der Waals surface area contributed by atoms with Crippen molar-refractivity contribution >= 4 is 11.6 Å². The van der Waals surface area contributed by atoms with E-state index < -0.39 is 0 Å². The normalized spacial score (nSPS) is 21.4. The molecule has 4 nitrogen and oxygen atoms in total. The Labute approximate surface area is 121 Å². The van der Waals surface area contributed by atoms with E-state index in [2.05, 4.69) is 17.3 Å². The number of nitrogens with one attached hydrogen (secondary N) is 1. The Morgan fingerprint density at radius 3 is 3.05 bits per heavy atom. The van der Waals surface area contributed by atoms with Gasteiger partial charge in [-0.05, 0) is 57.0 Å². The number of carbonyl (C=O) groups is 1. The molecule has 1 aromatic rings. The molecule has 2 atom stereocenters. The van der Waals surface area contributed by atoms with Gasteiger partial charge >= 0.3 is 0 Å². The third kappa shape index (κ3) is 3.97. The molecule has 0 radical (unpaired) electrons. The lowest BCUT2D eigenvalue weighted by Gasteiger charge is -2.30. The van der Waals surface area contributed by atoms with Gasteiger partial charge in [0.25, 0.3) is 0 Å². The van der Waals surface area contributed by atoms with Crippen molar-refractivity contribution in [2.75, 3.05) is 32.4 Å². The summed E-state index contributed by atoms with van der Waals surface area (Å²) >= 11 is 0. The second-order valence-corrected chi connectivity index (χ2v) is 5.91. The van der Waals surface area contributed by atoms with Crippen LogP contribution < -0.4 is 11.1 Å². The molecule has 1 saturated heterocycles. The van der Waals surface area contributed by atoms with Crippen LogP contribution >= 0.6 is 0 Å². The van der Waals surface area contributed by atoms with Crippen LogP contribution in [0.25, 0.3) is 0 Å². The lowest BCUT2D eigenvalue weighted by Crippen LogP contribution is -2.40. The van der Waals surface area contributed by atoms with Gasteiger partial charge in [0, 0.05) is 18.8 Å². The van der Waals surface area contributed by atoms with Crippen molar-refractivity contribution in [2.24, 2.45) is 5.92 Å². The summed E-state index contributed by atoms with van der Waals surface area (Å²) in [5.74, 6) is 0.509. The number of hydrogen-bond acceptors (Lipinski definition) is 3. The Morgan fingerprint density at radius 2 is 2.35 bits per heavy atom. The molecule has 0 spiro atoms. The largest absolute Gasteiger partial charge is 0.399 e. The Hall–Kier alpha value is -1.55. The van der Waals surface area contributed by atoms with Crippen LogP contribution in [0.5, 0.6) is 0 Å². The zero-order chi connectivity index (χ0) is 14.5. The second kappa shape index (κ2) is 6.75. The Morgan fingerprint density at radius 1 is 1.55 bits per heavy atom. The SMILES string of the molecule is CC(C(=O)NCC1CCCN(C)C1)c1cccc(N)c1. The van der Waals surface area contributed by atoms with Crippen molar-refractivity contribution in [1.82, 2.24) is 10.2 Å².